The predicted octanol–water partition coefficient (Wildman–Crippen LogP) is 0.795. The number of ketones is 1. The second-order valence-electron chi connectivity index (χ2n) is 4.30. The number of carbonyl (C=O) groups excluding carboxylic acids is 1. The fourth-order valence-corrected chi connectivity index (χ4v) is 1.52. The van der Waals surface area contributed by atoms with Gasteiger partial charge < -0.3 is 14.9 Å². The van der Waals surface area contributed by atoms with E-state index < -0.39 is 5.60 Å². The number of Topliss-reactive ketones (excluding diaryl/α,β-unsaturated/α-hetero) is 1. The summed E-state index contributed by atoms with van der Waals surface area (Å²) in [7, 11) is 0. The lowest BCUT2D eigenvalue weighted by Gasteiger charge is -2.22. The molecule has 0 saturated heterocycles. The van der Waals surface area contributed by atoms with Crippen LogP contribution < -0.4 is 0 Å². The maximum absolute atomic E-state index is 11.7. The molecule has 2 N–H and O–H groups in total. The van der Waals surface area contributed by atoms with E-state index >= 15 is 0 Å². The zero-order valence-electron chi connectivity index (χ0n) is 9.64. The van der Waals surface area contributed by atoms with Crippen LogP contribution in [-0.4, -0.2) is 34.8 Å². The number of carbonyl (C=O) groups is 1. The van der Waals surface area contributed by atoms with Crippen molar-refractivity contribution in [3.8, 4) is 0 Å². The third-order valence-electron chi connectivity index (χ3n) is 2.37. The van der Waals surface area contributed by atoms with E-state index in [1.807, 2.05) is 0 Å². The molecule has 0 heterocycles. The fourth-order valence-electron chi connectivity index (χ4n) is 1.52. The van der Waals surface area contributed by atoms with Crippen molar-refractivity contribution in [1.29, 1.82) is 0 Å². The van der Waals surface area contributed by atoms with Gasteiger partial charge in [-0.2, -0.15) is 0 Å². The summed E-state index contributed by atoms with van der Waals surface area (Å²) in [4.78, 5) is 11.7. The van der Waals surface area contributed by atoms with Crippen LogP contribution in [0, 0.1) is 5.92 Å². The quantitative estimate of drug-likeness (QED) is 0.727. The van der Waals surface area contributed by atoms with Crippen LogP contribution in [0.2, 0.25) is 0 Å². The molecule has 0 aliphatic heterocycles. The maximum atomic E-state index is 11.7. The van der Waals surface area contributed by atoms with Gasteiger partial charge in [-0.25, -0.2) is 0 Å². The van der Waals surface area contributed by atoms with E-state index in [0.717, 1.165) is 0 Å². The number of aliphatic hydroxyl groups excluding tert-OH is 1. The Balaban J connectivity index is 2.53. The summed E-state index contributed by atoms with van der Waals surface area (Å²) in [6.07, 6.45) is 5.75. The van der Waals surface area contributed by atoms with Crippen LogP contribution in [0.1, 0.15) is 20.3 Å². The van der Waals surface area contributed by atoms with E-state index in [9.17, 15) is 9.90 Å². The molecule has 90 valence electrons. The number of hydrogen-bond acceptors (Lipinski definition) is 4. The molecule has 1 aliphatic carbocycles. The molecule has 4 nitrogen and oxygen atoms in total. The van der Waals surface area contributed by atoms with E-state index in [1.54, 1.807) is 18.2 Å². The van der Waals surface area contributed by atoms with Gasteiger partial charge >= 0.3 is 0 Å². The minimum Gasteiger partial charge on any atom is -0.492 e. The number of ether oxygens (including phenoxy) is 1. The lowest BCUT2D eigenvalue weighted by atomic mass is 9.87. The average Bonchev–Trinajstić information content (AvgIpc) is 2.25. The van der Waals surface area contributed by atoms with Crippen LogP contribution in [0.3, 0.4) is 0 Å². The first-order valence-corrected chi connectivity index (χ1v) is 5.34. The smallest absolute Gasteiger partial charge is 0.170 e. The molecule has 0 aromatic rings. The van der Waals surface area contributed by atoms with Crippen molar-refractivity contribution in [2.45, 2.75) is 25.9 Å². The highest BCUT2D eigenvalue weighted by molar-refractivity contribution is 5.90. The fraction of sp³-hybridized carbons (Fsp3) is 0.583. The van der Waals surface area contributed by atoms with Crippen molar-refractivity contribution in [2.75, 3.05) is 13.2 Å². The Morgan fingerprint density at radius 2 is 2.31 bits per heavy atom. The molecule has 0 bridgehead atoms. The number of aliphatic hydroxyl groups is 2. The summed E-state index contributed by atoms with van der Waals surface area (Å²) in [5.74, 6) is 0.177. The zero-order chi connectivity index (χ0) is 12.2. The molecule has 1 aliphatic rings. The van der Waals surface area contributed by atoms with Gasteiger partial charge in [0.1, 0.15) is 18.0 Å². The van der Waals surface area contributed by atoms with Crippen LogP contribution in [0.15, 0.2) is 24.0 Å². The van der Waals surface area contributed by atoms with Crippen LogP contribution in [-0.2, 0) is 9.53 Å². The minimum absolute atomic E-state index is 0.0305. The van der Waals surface area contributed by atoms with Gasteiger partial charge in [0.2, 0.25) is 0 Å². The average molecular weight is 226 g/mol. The Hall–Kier alpha value is -1.13. The number of allylic oxidation sites excluding steroid dienone is 3. The molecule has 0 spiro atoms. The number of rotatable bonds is 5. The maximum Gasteiger partial charge on any atom is 0.170 e. The largest absolute Gasteiger partial charge is 0.492 e. The Morgan fingerprint density at radius 3 is 2.75 bits per heavy atom. The van der Waals surface area contributed by atoms with Crippen molar-refractivity contribution >= 4 is 5.78 Å². The van der Waals surface area contributed by atoms with E-state index in [0.29, 0.717) is 12.2 Å². The van der Waals surface area contributed by atoms with Gasteiger partial charge in [0.05, 0.1) is 6.61 Å². The van der Waals surface area contributed by atoms with Crippen molar-refractivity contribution in [1.82, 2.24) is 0 Å². The molecular weight excluding hydrogens is 208 g/mol. The van der Waals surface area contributed by atoms with Gasteiger partial charge in [-0.1, -0.05) is 6.08 Å². The first kappa shape index (κ1) is 12.9. The summed E-state index contributed by atoms with van der Waals surface area (Å²) >= 11 is 0. The highest BCUT2D eigenvalue weighted by Gasteiger charge is 2.30. The Morgan fingerprint density at radius 1 is 1.62 bits per heavy atom. The molecule has 0 fully saturated rings. The van der Waals surface area contributed by atoms with Crippen molar-refractivity contribution in [3.63, 3.8) is 0 Å². The highest BCUT2D eigenvalue weighted by atomic mass is 16.5. The normalized spacial score (nSPS) is 20.5. The van der Waals surface area contributed by atoms with Crippen LogP contribution >= 0.6 is 0 Å². The van der Waals surface area contributed by atoms with Gasteiger partial charge in [0.25, 0.3) is 0 Å². The molecule has 16 heavy (non-hydrogen) atoms. The van der Waals surface area contributed by atoms with Gasteiger partial charge in [-0.05, 0) is 32.4 Å². The van der Waals surface area contributed by atoms with Crippen LogP contribution in [0.4, 0.5) is 0 Å². The first-order valence-electron chi connectivity index (χ1n) is 5.34. The Kier molecular flexibility index (Phi) is 4.26. The number of hydrogen-bond donors (Lipinski definition) is 2. The Bertz CT molecular complexity index is 309. The summed E-state index contributed by atoms with van der Waals surface area (Å²) in [6.45, 7) is 3.20. The third-order valence-corrected chi connectivity index (χ3v) is 2.37. The molecule has 0 aromatic heterocycles. The monoisotopic (exact) mass is 226 g/mol. The van der Waals surface area contributed by atoms with Gasteiger partial charge in [-0.3, -0.25) is 4.79 Å². The molecule has 1 atom stereocenters. The lowest BCUT2D eigenvalue weighted by Crippen LogP contribution is -2.36. The molecule has 0 radical (unpaired) electrons. The summed E-state index contributed by atoms with van der Waals surface area (Å²) in [5, 5.41) is 18.2. The summed E-state index contributed by atoms with van der Waals surface area (Å²) in [5.41, 5.74) is -1.30. The van der Waals surface area contributed by atoms with E-state index in [2.05, 4.69) is 0 Å². The third kappa shape index (κ3) is 3.47. The lowest BCUT2D eigenvalue weighted by molar-refractivity contribution is -0.136. The SMILES string of the molecule is CC(C)(O)C(=O)C1C=CC(OCCO)=CC1. The van der Waals surface area contributed by atoms with Crippen molar-refractivity contribution < 1.29 is 19.7 Å². The van der Waals surface area contributed by atoms with Gasteiger partial charge in [-0.15, -0.1) is 0 Å². The van der Waals surface area contributed by atoms with E-state index in [4.69, 9.17) is 9.84 Å². The van der Waals surface area contributed by atoms with E-state index in [-0.39, 0.29) is 24.9 Å². The van der Waals surface area contributed by atoms with Gasteiger partial charge in [0, 0.05) is 5.92 Å². The molecule has 0 aromatic carbocycles. The van der Waals surface area contributed by atoms with Crippen LogP contribution in [0.25, 0.3) is 0 Å². The Labute approximate surface area is 95.2 Å². The van der Waals surface area contributed by atoms with Crippen molar-refractivity contribution in [2.24, 2.45) is 5.92 Å². The molecule has 0 amide bonds. The molecule has 4 heteroatoms. The van der Waals surface area contributed by atoms with Crippen LogP contribution in [0.5, 0.6) is 0 Å². The van der Waals surface area contributed by atoms with E-state index in [1.165, 1.54) is 13.8 Å². The topological polar surface area (TPSA) is 66.8 Å². The second kappa shape index (κ2) is 5.27. The summed E-state index contributed by atoms with van der Waals surface area (Å²) in [6, 6.07) is 0. The molecule has 0 saturated carbocycles. The standard InChI is InChI=1S/C12H18O4/c1-12(2,15)11(14)9-3-5-10(6-4-9)16-8-7-13/h3,5-6,9,13,15H,4,7-8H2,1-2H3. The molecular formula is C12H18O4. The van der Waals surface area contributed by atoms with Gasteiger partial charge in [0.15, 0.2) is 5.78 Å². The molecule has 1 rings (SSSR count). The zero-order valence-corrected chi connectivity index (χ0v) is 9.64. The highest BCUT2D eigenvalue weighted by Crippen LogP contribution is 2.22. The second-order valence-corrected chi connectivity index (χ2v) is 4.30. The first-order chi connectivity index (χ1) is 7.45. The molecule has 1 unspecified atom stereocenters. The minimum atomic E-state index is -1.30. The summed E-state index contributed by atoms with van der Waals surface area (Å²) < 4.78 is 5.20. The van der Waals surface area contributed by atoms with Crippen molar-refractivity contribution in [3.05, 3.63) is 24.0 Å². The predicted molar refractivity (Wildman–Crippen MR) is 59.7 cm³/mol.